The molecule has 4 saturated carbocycles. The van der Waals surface area contributed by atoms with Crippen LogP contribution in [0.3, 0.4) is 0 Å². The molecule has 3 heterocycles. The van der Waals surface area contributed by atoms with Crippen molar-refractivity contribution in [3.05, 3.63) is 36.4 Å². The van der Waals surface area contributed by atoms with E-state index in [2.05, 4.69) is 20.9 Å². The van der Waals surface area contributed by atoms with Crippen LogP contribution in [0.1, 0.15) is 44.3 Å². The lowest BCUT2D eigenvalue weighted by atomic mass is 9.53. The number of anilines is 1. The smallest absolute Gasteiger partial charge is 0.236 e. The normalized spacial score (nSPS) is 32.4. The Kier molecular flexibility index (Phi) is 2.92. The molecule has 134 valence electrons. The maximum Gasteiger partial charge on any atom is 0.236 e. The first-order chi connectivity index (χ1) is 12.7. The highest BCUT2D eigenvalue weighted by Crippen LogP contribution is 2.57. The molecule has 7 rings (SSSR count). The molecule has 5 nitrogen and oxygen atoms in total. The number of furan rings is 1. The second-order valence-corrected chi connectivity index (χ2v) is 8.83. The van der Waals surface area contributed by atoms with E-state index in [9.17, 15) is 0 Å². The molecule has 0 saturated heterocycles. The van der Waals surface area contributed by atoms with Gasteiger partial charge in [-0.15, -0.1) is 0 Å². The minimum atomic E-state index is 0.219. The Morgan fingerprint density at radius 3 is 2.50 bits per heavy atom. The van der Waals surface area contributed by atoms with Crippen molar-refractivity contribution in [1.82, 2.24) is 14.4 Å². The molecule has 0 amide bonds. The van der Waals surface area contributed by atoms with Gasteiger partial charge < -0.3 is 9.73 Å². The van der Waals surface area contributed by atoms with Crippen molar-refractivity contribution < 1.29 is 4.42 Å². The third kappa shape index (κ3) is 2.15. The zero-order valence-electron chi connectivity index (χ0n) is 15.1. The van der Waals surface area contributed by atoms with Gasteiger partial charge in [0.1, 0.15) is 11.6 Å². The van der Waals surface area contributed by atoms with Gasteiger partial charge in [0.25, 0.3) is 0 Å². The minimum absolute atomic E-state index is 0.219. The molecule has 0 spiro atoms. The van der Waals surface area contributed by atoms with E-state index in [1.54, 1.807) is 6.20 Å². The van der Waals surface area contributed by atoms with Gasteiger partial charge in [-0.25, -0.2) is 9.97 Å². The average molecular weight is 348 g/mol. The van der Waals surface area contributed by atoms with Crippen LogP contribution in [-0.2, 0) is 0 Å². The molecule has 3 aromatic heterocycles. The first-order valence-corrected chi connectivity index (χ1v) is 9.85. The standard InChI is InChI=1S/C21H24N4O/c1-13-3-4-17(26-13)18-19(25-6-2-5-22-20(25)23-18)24-21-10-14-7-15(11-21)9-16(8-14)12-21/h2-6,14-16,24H,7-12H2,1H3. The molecule has 5 heteroatoms. The third-order valence-electron chi connectivity index (χ3n) is 6.80. The van der Waals surface area contributed by atoms with Gasteiger partial charge >= 0.3 is 0 Å². The molecule has 26 heavy (non-hydrogen) atoms. The molecular formula is C21H24N4O. The Hall–Kier alpha value is -2.30. The summed E-state index contributed by atoms with van der Waals surface area (Å²) < 4.78 is 8.01. The number of aromatic nitrogens is 3. The van der Waals surface area contributed by atoms with Crippen LogP contribution in [0.2, 0.25) is 0 Å². The fourth-order valence-electron chi connectivity index (χ4n) is 6.26. The molecule has 4 aliphatic rings. The monoisotopic (exact) mass is 348 g/mol. The molecule has 0 unspecified atom stereocenters. The summed E-state index contributed by atoms with van der Waals surface area (Å²) in [5.41, 5.74) is 1.10. The first kappa shape index (κ1) is 14.8. The van der Waals surface area contributed by atoms with Crippen molar-refractivity contribution in [2.24, 2.45) is 17.8 Å². The summed E-state index contributed by atoms with van der Waals surface area (Å²) in [5, 5.41) is 3.99. The van der Waals surface area contributed by atoms with Gasteiger partial charge in [-0.3, -0.25) is 4.40 Å². The van der Waals surface area contributed by atoms with Crippen molar-refractivity contribution in [3.63, 3.8) is 0 Å². The van der Waals surface area contributed by atoms with Crippen LogP contribution in [0.4, 0.5) is 5.82 Å². The Bertz CT molecular complexity index is 950. The Morgan fingerprint density at radius 2 is 1.85 bits per heavy atom. The number of nitrogens with zero attached hydrogens (tertiary/aromatic N) is 3. The molecule has 4 fully saturated rings. The van der Waals surface area contributed by atoms with Crippen molar-refractivity contribution in [3.8, 4) is 11.5 Å². The average Bonchev–Trinajstić information content (AvgIpc) is 3.17. The molecule has 0 aliphatic heterocycles. The minimum Gasteiger partial charge on any atom is -0.460 e. The molecule has 1 N–H and O–H groups in total. The molecule has 0 radical (unpaired) electrons. The fourth-order valence-corrected chi connectivity index (χ4v) is 6.26. The zero-order chi connectivity index (χ0) is 17.3. The number of hydrogen-bond donors (Lipinski definition) is 1. The van der Waals surface area contributed by atoms with Gasteiger partial charge in [0.05, 0.1) is 0 Å². The van der Waals surface area contributed by atoms with E-state index in [0.717, 1.165) is 46.6 Å². The number of rotatable bonds is 3. The van der Waals surface area contributed by atoms with Crippen LogP contribution in [0.25, 0.3) is 17.2 Å². The van der Waals surface area contributed by atoms with Gasteiger partial charge in [-0.2, -0.15) is 0 Å². The first-order valence-electron chi connectivity index (χ1n) is 9.85. The van der Waals surface area contributed by atoms with Crippen molar-refractivity contribution >= 4 is 11.6 Å². The lowest BCUT2D eigenvalue weighted by Gasteiger charge is -2.57. The lowest BCUT2D eigenvalue weighted by Crippen LogP contribution is -2.55. The van der Waals surface area contributed by atoms with Crippen molar-refractivity contribution in [2.45, 2.75) is 51.0 Å². The molecular weight excluding hydrogens is 324 g/mol. The predicted molar refractivity (Wildman–Crippen MR) is 100.0 cm³/mol. The number of aryl methyl sites for hydroxylation is 1. The van der Waals surface area contributed by atoms with Crippen LogP contribution >= 0.6 is 0 Å². The van der Waals surface area contributed by atoms with E-state index >= 15 is 0 Å². The Morgan fingerprint density at radius 1 is 1.12 bits per heavy atom. The highest BCUT2D eigenvalue weighted by atomic mass is 16.3. The van der Waals surface area contributed by atoms with Gasteiger partial charge in [0, 0.05) is 17.9 Å². The third-order valence-corrected chi connectivity index (χ3v) is 6.80. The zero-order valence-corrected chi connectivity index (χ0v) is 15.1. The molecule has 0 aromatic carbocycles. The largest absolute Gasteiger partial charge is 0.460 e. The summed E-state index contributed by atoms with van der Waals surface area (Å²) in [5.74, 6) is 6.21. The highest BCUT2D eigenvalue weighted by molar-refractivity contribution is 5.73. The van der Waals surface area contributed by atoms with Crippen LogP contribution in [0, 0.1) is 24.7 Å². The highest BCUT2D eigenvalue weighted by Gasteiger charge is 2.51. The Balaban J connectivity index is 1.47. The van der Waals surface area contributed by atoms with Crippen LogP contribution < -0.4 is 5.32 Å². The topological polar surface area (TPSA) is 55.4 Å². The van der Waals surface area contributed by atoms with E-state index in [1.807, 2.05) is 25.1 Å². The van der Waals surface area contributed by atoms with Crippen LogP contribution in [0.5, 0.6) is 0 Å². The number of hydrogen-bond acceptors (Lipinski definition) is 4. The predicted octanol–water partition coefficient (Wildman–Crippen LogP) is 4.68. The van der Waals surface area contributed by atoms with E-state index in [1.165, 1.54) is 38.5 Å². The Labute approximate surface area is 152 Å². The summed E-state index contributed by atoms with van der Waals surface area (Å²) in [6.45, 7) is 1.98. The summed E-state index contributed by atoms with van der Waals surface area (Å²) in [6.07, 6.45) is 12.1. The fraction of sp³-hybridized carbons (Fsp3) is 0.524. The maximum absolute atomic E-state index is 5.92. The van der Waals surface area contributed by atoms with Crippen molar-refractivity contribution in [1.29, 1.82) is 0 Å². The summed E-state index contributed by atoms with van der Waals surface area (Å²) >= 11 is 0. The van der Waals surface area contributed by atoms with Gasteiger partial charge in [-0.1, -0.05) is 0 Å². The lowest BCUT2D eigenvalue weighted by molar-refractivity contribution is 0.0105. The second kappa shape index (κ2) is 5.12. The van der Waals surface area contributed by atoms with Gasteiger partial charge in [0.15, 0.2) is 11.5 Å². The van der Waals surface area contributed by atoms with E-state index in [0.29, 0.717) is 0 Å². The number of nitrogens with one attached hydrogen (secondary N) is 1. The van der Waals surface area contributed by atoms with Gasteiger partial charge in [-0.05, 0) is 81.4 Å². The summed E-state index contributed by atoms with van der Waals surface area (Å²) in [4.78, 5) is 9.25. The van der Waals surface area contributed by atoms with E-state index in [4.69, 9.17) is 9.40 Å². The summed E-state index contributed by atoms with van der Waals surface area (Å²) in [7, 11) is 0. The number of fused-ring (bicyclic) bond motifs is 1. The van der Waals surface area contributed by atoms with E-state index < -0.39 is 0 Å². The maximum atomic E-state index is 5.92. The molecule has 4 bridgehead atoms. The molecule has 0 atom stereocenters. The van der Waals surface area contributed by atoms with Crippen LogP contribution in [0.15, 0.2) is 35.0 Å². The van der Waals surface area contributed by atoms with Crippen molar-refractivity contribution in [2.75, 3.05) is 5.32 Å². The molecule has 4 aliphatic carbocycles. The number of imidazole rings is 1. The van der Waals surface area contributed by atoms with Gasteiger partial charge in [0.2, 0.25) is 5.78 Å². The second-order valence-electron chi connectivity index (χ2n) is 8.83. The molecule has 3 aromatic rings. The van der Waals surface area contributed by atoms with Crippen LogP contribution in [-0.4, -0.2) is 19.9 Å². The quantitative estimate of drug-likeness (QED) is 0.747. The SMILES string of the molecule is Cc1ccc(-c2nc3ncccn3c2NC23CC4CC(CC(C4)C2)C3)o1. The van der Waals surface area contributed by atoms with E-state index in [-0.39, 0.29) is 5.54 Å². The summed E-state index contributed by atoms with van der Waals surface area (Å²) in [6, 6.07) is 5.99.